The first-order valence-electron chi connectivity index (χ1n) is 6.46. The van der Waals surface area contributed by atoms with Gasteiger partial charge in [0.25, 0.3) is 0 Å². The molecule has 0 atom stereocenters. The smallest absolute Gasteiger partial charge is 0.457 e. The predicted octanol–water partition coefficient (Wildman–Crippen LogP) is 3.92. The summed E-state index contributed by atoms with van der Waals surface area (Å²) in [6, 6.07) is 12.1. The van der Waals surface area contributed by atoms with Crippen molar-refractivity contribution in [2.24, 2.45) is 0 Å². The second-order valence-corrected chi connectivity index (χ2v) is 4.50. The van der Waals surface area contributed by atoms with E-state index in [0.29, 0.717) is 0 Å². The van der Waals surface area contributed by atoms with E-state index in [1.165, 1.54) is 6.07 Å². The van der Waals surface area contributed by atoms with Crippen LogP contribution in [0.25, 0.3) is 0 Å². The third kappa shape index (κ3) is 5.08. The third-order valence-electron chi connectivity index (χ3n) is 2.76. The van der Waals surface area contributed by atoms with E-state index in [2.05, 4.69) is 10.7 Å². The van der Waals surface area contributed by atoms with Gasteiger partial charge in [-0.1, -0.05) is 36.3 Å². The molecule has 0 saturated carbocycles. The van der Waals surface area contributed by atoms with Gasteiger partial charge in [0.15, 0.2) is 0 Å². The molecule has 0 spiro atoms. The first kappa shape index (κ1) is 16.4. The summed E-state index contributed by atoms with van der Waals surface area (Å²) in [6.45, 7) is -0.00455. The highest BCUT2D eigenvalue weighted by Crippen LogP contribution is 2.25. The highest BCUT2D eigenvalue weighted by atomic mass is 19.4. The van der Waals surface area contributed by atoms with E-state index in [4.69, 9.17) is 11.2 Å². The van der Waals surface area contributed by atoms with Crippen LogP contribution >= 0.6 is 0 Å². The standard InChI is InChI=1S/C17H11F3O3/c1-2-12-8-14(10-15(9-12)23-17(18,19)20)16(21)22-11-13-6-4-3-5-7-13/h1,3-10H,11H2. The van der Waals surface area contributed by atoms with Crippen LogP contribution in [0, 0.1) is 12.3 Å². The minimum atomic E-state index is -4.88. The van der Waals surface area contributed by atoms with Gasteiger partial charge in [0.1, 0.15) is 12.4 Å². The van der Waals surface area contributed by atoms with Crippen molar-refractivity contribution in [3.8, 4) is 18.1 Å². The monoisotopic (exact) mass is 320 g/mol. The zero-order valence-corrected chi connectivity index (χ0v) is 11.8. The summed E-state index contributed by atoms with van der Waals surface area (Å²) in [7, 11) is 0. The Morgan fingerprint density at radius 3 is 2.43 bits per heavy atom. The van der Waals surface area contributed by atoms with Crippen molar-refractivity contribution in [2.75, 3.05) is 0 Å². The molecule has 0 aliphatic carbocycles. The van der Waals surface area contributed by atoms with Crippen molar-refractivity contribution >= 4 is 5.97 Å². The van der Waals surface area contributed by atoms with Crippen LogP contribution in [-0.4, -0.2) is 12.3 Å². The molecular formula is C17H11F3O3. The van der Waals surface area contributed by atoms with Crippen LogP contribution in [0.3, 0.4) is 0 Å². The van der Waals surface area contributed by atoms with E-state index < -0.39 is 18.1 Å². The Labute approximate surface area is 130 Å². The first-order valence-corrected chi connectivity index (χ1v) is 6.46. The molecule has 0 bridgehead atoms. The van der Waals surface area contributed by atoms with E-state index in [1.807, 2.05) is 6.07 Å². The summed E-state index contributed by atoms with van der Waals surface area (Å²) < 4.78 is 45.7. The summed E-state index contributed by atoms with van der Waals surface area (Å²) in [5, 5.41) is 0. The van der Waals surface area contributed by atoms with Crippen LogP contribution in [0.1, 0.15) is 21.5 Å². The lowest BCUT2D eigenvalue weighted by Crippen LogP contribution is -2.17. The van der Waals surface area contributed by atoms with Gasteiger partial charge in [0.2, 0.25) is 0 Å². The van der Waals surface area contributed by atoms with Gasteiger partial charge >= 0.3 is 12.3 Å². The summed E-state index contributed by atoms with van der Waals surface area (Å²) in [6.07, 6.45) is 0.301. The summed E-state index contributed by atoms with van der Waals surface area (Å²) in [5.41, 5.74) is 0.717. The predicted molar refractivity (Wildman–Crippen MR) is 76.6 cm³/mol. The van der Waals surface area contributed by atoms with Crippen LogP contribution in [-0.2, 0) is 11.3 Å². The molecule has 118 valence electrons. The lowest BCUT2D eigenvalue weighted by molar-refractivity contribution is -0.274. The number of halogens is 3. The Morgan fingerprint density at radius 1 is 1.13 bits per heavy atom. The number of hydrogen-bond donors (Lipinski definition) is 0. The average molecular weight is 320 g/mol. The average Bonchev–Trinajstić information content (AvgIpc) is 2.51. The van der Waals surface area contributed by atoms with Gasteiger partial charge in [0.05, 0.1) is 5.56 Å². The van der Waals surface area contributed by atoms with Crippen molar-refractivity contribution in [2.45, 2.75) is 13.0 Å². The number of benzene rings is 2. The third-order valence-corrected chi connectivity index (χ3v) is 2.76. The maximum Gasteiger partial charge on any atom is 0.573 e. The second-order valence-electron chi connectivity index (χ2n) is 4.50. The molecule has 6 heteroatoms. The normalized spacial score (nSPS) is 10.7. The maximum atomic E-state index is 12.3. The quantitative estimate of drug-likeness (QED) is 0.633. The van der Waals surface area contributed by atoms with Gasteiger partial charge in [-0.2, -0.15) is 0 Å². The number of alkyl halides is 3. The Hall–Kier alpha value is -2.94. The highest BCUT2D eigenvalue weighted by molar-refractivity contribution is 5.90. The molecule has 0 fully saturated rings. The van der Waals surface area contributed by atoms with Crippen molar-refractivity contribution in [3.05, 3.63) is 65.2 Å². The molecule has 0 aliphatic rings. The molecule has 0 aliphatic heterocycles. The van der Waals surface area contributed by atoms with E-state index >= 15 is 0 Å². The minimum Gasteiger partial charge on any atom is -0.457 e. The zero-order chi connectivity index (χ0) is 16.9. The van der Waals surface area contributed by atoms with Gasteiger partial charge < -0.3 is 9.47 Å². The zero-order valence-electron chi connectivity index (χ0n) is 11.8. The Bertz CT molecular complexity index is 731. The Kier molecular flexibility index (Phi) is 4.91. The van der Waals surface area contributed by atoms with Crippen molar-refractivity contribution in [3.63, 3.8) is 0 Å². The van der Waals surface area contributed by atoms with E-state index in [0.717, 1.165) is 17.7 Å². The fourth-order valence-corrected chi connectivity index (χ4v) is 1.80. The number of rotatable bonds is 4. The van der Waals surface area contributed by atoms with Crippen molar-refractivity contribution in [1.29, 1.82) is 0 Å². The molecule has 0 aromatic heterocycles. The van der Waals surface area contributed by atoms with Gasteiger partial charge in [0, 0.05) is 5.56 Å². The van der Waals surface area contributed by atoms with Crippen molar-refractivity contribution < 1.29 is 27.4 Å². The largest absolute Gasteiger partial charge is 0.573 e. The number of carbonyl (C=O) groups is 1. The fourth-order valence-electron chi connectivity index (χ4n) is 1.80. The van der Waals surface area contributed by atoms with Gasteiger partial charge in [-0.15, -0.1) is 19.6 Å². The first-order chi connectivity index (χ1) is 10.9. The minimum absolute atomic E-state index is 0.00455. The topological polar surface area (TPSA) is 35.5 Å². The molecular weight excluding hydrogens is 309 g/mol. The fraction of sp³-hybridized carbons (Fsp3) is 0.118. The highest BCUT2D eigenvalue weighted by Gasteiger charge is 2.31. The lowest BCUT2D eigenvalue weighted by Gasteiger charge is -2.11. The Morgan fingerprint density at radius 2 is 1.83 bits per heavy atom. The molecule has 0 amide bonds. The maximum absolute atomic E-state index is 12.3. The molecule has 0 N–H and O–H groups in total. The van der Waals surface area contributed by atoms with Crippen LogP contribution in [0.15, 0.2) is 48.5 Å². The number of esters is 1. The summed E-state index contributed by atoms with van der Waals surface area (Å²) in [4.78, 5) is 12.0. The number of hydrogen-bond acceptors (Lipinski definition) is 3. The summed E-state index contributed by atoms with van der Waals surface area (Å²) in [5.74, 6) is 0.804. The van der Waals surface area contributed by atoms with Crippen LogP contribution in [0.2, 0.25) is 0 Å². The summed E-state index contributed by atoms with van der Waals surface area (Å²) >= 11 is 0. The van der Waals surface area contributed by atoms with Crippen molar-refractivity contribution in [1.82, 2.24) is 0 Å². The lowest BCUT2D eigenvalue weighted by atomic mass is 10.1. The molecule has 0 heterocycles. The van der Waals surface area contributed by atoms with Gasteiger partial charge in [-0.25, -0.2) is 4.79 Å². The molecule has 2 aromatic rings. The molecule has 2 rings (SSSR count). The SMILES string of the molecule is C#Cc1cc(OC(F)(F)F)cc(C(=O)OCc2ccccc2)c1. The number of terminal acetylenes is 1. The molecule has 0 radical (unpaired) electrons. The second kappa shape index (κ2) is 6.88. The number of carbonyl (C=O) groups excluding carboxylic acids is 1. The van der Waals surface area contributed by atoms with Crippen LogP contribution < -0.4 is 4.74 Å². The molecule has 23 heavy (non-hydrogen) atoms. The molecule has 3 nitrogen and oxygen atoms in total. The van der Waals surface area contributed by atoms with E-state index in [-0.39, 0.29) is 17.7 Å². The molecule has 2 aromatic carbocycles. The van der Waals surface area contributed by atoms with Crippen LogP contribution in [0.4, 0.5) is 13.2 Å². The Balaban J connectivity index is 2.16. The van der Waals surface area contributed by atoms with E-state index in [1.54, 1.807) is 24.3 Å². The molecule has 0 unspecified atom stereocenters. The van der Waals surface area contributed by atoms with Crippen LogP contribution in [0.5, 0.6) is 5.75 Å². The van der Waals surface area contributed by atoms with E-state index in [9.17, 15) is 18.0 Å². The molecule has 0 saturated heterocycles. The number of ether oxygens (including phenoxy) is 2. The van der Waals surface area contributed by atoms with Gasteiger partial charge in [-0.05, 0) is 23.8 Å². The van der Waals surface area contributed by atoms with Gasteiger partial charge in [-0.3, -0.25) is 0 Å².